The number of carbonyl (C=O) groups excluding carboxylic acids is 5. The van der Waals surface area contributed by atoms with Crippen molar-refractivity contribution in [3.05, 3.63) is 40.4 Å². The number of likely N-dealkylation sites (N-methyl/N-ethyl adjacent to an activating group) is 1. The summed E-state index contributed by atoms with van der Waals surface area (Å²) in [6, 6.07) is 5.50. The van der Waals surface area contributed by atoms with Crippen LogP contribution in [0.15, 0.2) is 34.9 Å². The number of anilines is 1. The van der Waals surface area contributed by atoms with E-state index in [0.29, 0.717) is 17.7 Å². The molecule has 0 N–H and O–H groups in total. The summed E-state index contributed by atoms with van der Waals surface area (Å²) in [6.45, 7) is 12.0. The number of rotatable bonds is 6. The maximum Gasteiger partial charge on any atom is 0.410 e. The quantitative estimate of drug-likeness (QED) is 0.265. The maximum absolute atomic E-state index is 13.6. The number of thioether (sulfide) groups is 1. The van der Waals surface area contributed by atoms with Crippen molar-refractivity contribution in [3.8, 4) is 0 Å². The van der Waals surface area contributed by atoms with Gasteiger partial charge in [0, 0.05) is 35.4 Å². The second kappa shape index (κ2) is 15.1. The Hall–Kier alpha value is -3.54. The van der Waals surface area contributed by atoms with E-state index in [9.17, 15) is 24.0 Å². The standard InChI is InChI=1S/C26H31N3O8S.2C2H6/c1-13-19-14(2)22(30)29(19)20(25(33)36-5)21(13)38-17-11-18(28(12-17)26(34)37-6)23(31)27(3)16-9-7-8-15(10-16)24(32)35-4;2*1-2/h7-10,13-14,17-19H,11-12H2,1-6H3;2*1-2H3. The molecule has 2 saturated heterocycles. The molecule has 5 unspecified atom stereocenters. The van der Waals surface area contributed by atoms with Crippen LogP contribution in [0, 0.1) is 11.8 Å². The van der Waals surface area contributed by atoms with Gasteiger partial charge in [0.25, 0.3) is 0 Å². The number of carbonyl (C=O) groups is 5. The van der Waals surface area contributed by atoms with Crippen LogP contribution in [0.1, 0.15) is 58.3 Å². The third kappa shape index (κ3) is 6.43. The summed E-state index contributed by atoms with van der Waals surface area (Å²) in [5.74, 6) is -1.88. The Morgan fingerprint density at radius 2 is 1.55 bits per heavy atom. The zero-order valence-electron chi connectivity index (χ0n) is 26.1. The van der Waals surface area contributed by atoms with Crippen LogP contribution in [0.4, 0.5) is 10.5 Å². The van der Waals surface area contributed by atoms with Gasteiger partial charge in [-0.25, -0.2) is 14.4 Å². The molecule has 11 nitrogen and oxygen atoms in total. The minimum Gasteiger partial charge on any atom is -0.465 e. The number of nitrogens with zero attached hydrogens (tertiary/aromatic N) is 3. The third-order valence-electron chi connectivity index (χ3n) is 7.45. The van der Waals surface area contributed by atoms with Crippen LogP contribution in [-0.4, -0.2) is 91.9 Å². The molecule has 1 aromatic rings. The van der Waals surface area contributed by atoms with Crippen LogP contribution in [0.3, 0.4) is 0 Å². The molecule has 0 aromatic heterocycles. The molecule has 42 heavy (non-hydrogen) atoms. The molecule has 1 aromatic carbocycles. The second-order valence-corrected chi connectivity index (χ2v) is 10.9. The van der Waals surface area contributed by atoms with Crippen molar-refractivity contribution in [1.82, 2.24) is 9.80 Å². The minimum atomic E-state index is -0.830. The molecule has 4 rings (SSSR count). The molecule has 5 atom stereocenters. The van der Waals surface area contributed by atoms with Crippen LogP contribution in [0.5, 0.6) is 0 Å². The summed E-state index contributed by atoms with van der Waals surface area (Å²) in [4.78, 5) is 68.4. The molecular weight excluding hydrogens is 562 g/mol. The molecule has 3 aliphatic rings. The van der Waals surface area contributed by atoms with Crippen molar-refractivity contribution in [2.45, 2.75) is 65.3 Å². The Kier molecular flexibility index (Phi) is 12.4. The highest BCUT2D eigenvalue weighted by Gasteiger charge is 2.57. The number of β-lactam (4-membered cyclic amide) rings is 1. The van der Waals surface area contributed by atoms with E-state index in [1.54, 1.807) is 31.3 Å². The van der Waals surface area contributed by atoms with E-state index in [0.717, 1.165) is 4.91 Å². The fourth-order valence-corrected chi connectivity index (χ4v) is 6.96. The normalized spacial score (nSPS) is 23.9. The Morgan fingerprint density at radius 1 is 0.929 bits per heavy atom. The van der Waals surface area contributed by atoms with E-state index >= 15 is 0 Å². The molecule has 0 spiro atoms. The molecule has 3 aliphatic heterocycles. The monoisotopic (exact) mass is 605 g/mol. The van der Waals surface area contributed by atoms with Gasteiger partial charge in [-0.05, 0) is 24.6 Å². The summed E-state index contributed by atoms with van der Waals surface area (Å²) in [7, 11) is 5.38. The van der Waals surface area contributed by atoms with E-state index in [4.69, 9.17) is 14.2 Å². The average Bonchev–Trinajstić information content (AvgIpc) is 3.58. The van der Waals surface area contributed by atoms with E-state index in [1.807, 2.05) is 41.5 Å². The van der Waals surface area contributed by atoms with Gasteiger partial charge >= 0.3 is 18.0 Å². The SMILES string of the molecule is CC.CC.COC(=O)C1=C(SC2CC(C(=O)N(C)c3cccc(C(=O)OC)c3)N(C(=O)OC)C2)C(C)C2C(C)C(=O)N12. The Balaban J connectivity index is 0.00000148. The molecule has 0 saturated carbocycles. The molecule has 0 aliphatic carbocycles. The van der Waals surface area contributed by atoms with Gasteiger partial charge in [-0.1, -0.05) is 47.6 Å². The van der Waals surface area contributed by atoms with Crippen LogP contribution in [0.2, 0.25) is 0 Å². The van der Waals surface area contributed by atoms with Crippen LogP contribution < -0.4 is 4.90 Å². The molecule has 3 amide bonds. The summed E-state index contributed by atoms with van der Waals surface area (Å²) >= 11 is 1.40. The summed E-state index contributed by atoms with van der Waals surface area (Å²) < 4.78 is 14.7. The first-order valence-corrected chi connectivity index (χ1v) is 15.1. The van der Waals surface area contributed by atoms with Crippen molar-refractivity contribution < 1.29 is 38.2 Å². The second-order valence-electron chi connectivity index (χ2n) is 9.53. The number of esters is 2. The van der Waals surface area contributed by atoms with Gasteiger partial charge in [0.15, 0.2) is 0 Å². The van der Waals surface area contributed by atoms with E-state index in [2.05, 4.69) is 0 Å². The first kappa shape index (κ1) is 34.7. The maximum atomic E-state index is 13.6. The Labute approximate surface area is 252 Å². The first-order valence-electron chi connectivity index (χ1n) is 14.2. The molecule has 0 radical (unpaired) electrons. The zero-order valence-corrected chi connectivity index (χ0v) is 26.9. The van der Waals surface area contributed by atoms with Gasteiger partial charge in [-0.15, -0.1) is 11.8 Å². The van der Waals surface area contributed by atoms with Crippen molar-refractivity contribution in [1.29, 1.82) is 0 Å². The fraction of sp³-hybridized carbons (Fsp3) is 0.567. The minimum absolute atomic E-state index is 0.0909. The van der Waals surface area contributed by atoms with E-state index in [1.165, 1.54) is 47.8 Å². The highest BCUT2D eigenvalue weighted by atomic mass is 32.2. The molecule has 3 heterocycles. The summed E-state index contributed by atoms with van der Waals surface area (Å²) in [6.07, 6.45) is -0.337. The number of hydrogen-bond donors (Lipinski definition) is 0. The smallest absolute Gasteiger partial charge is 0.410 e. The predicted octanol–water partition coefficient (Wildman–Crippen LogP) is 4.31. The number of likely N-dealkylation sites (tertiary alicyclic amines) is 1. The number of benzene rings is 1. The zero-order chi connectivity index (χ0) is 31.9. The number of methoxy groups -OCH3 is 3. The van der Waals surface area contributed by atoms with Gasteiger partial charge in [0.2, 0.25) is 11.8 Å². The topological polar surface area (TPSA) is 123 Å². The predicted molar refractivity (Wildman–Crippen MR) is 161 cm³/mol. The number of fused-ring (bicyclic) bond motifs is 1. The van der Waals surface area contributed by atoms with Gasteiger partial charge in [0.05, 0.1) is 38.9 Å². The van der Waals surface area contributed by atoms with Crippen molar-refractivity contribution in [2.75, 3.05) is 39.8 Å². The lowest BCUT2D eigenvalue weighted by Gasteiger charge is -2.43. The highest BCUT2D eigenvalue weighted by Crippen LogP contribution is 2.51. The van der Waals surface area contributed by atoms with Gasteiger partial charge in [0.1, 0.15) is 11.7 Å². The van der Waals surface area contributed by atoms with Gasteiger partial charge in [-0.3, -0.25) is 14.5 Å². The molecular formula is C30H43N3O8S. The summed E-state index contributed by atoms with van der Waals surface area (Å²) in [5, 5.41) is -0.237. The lowest BCUT2D eigenvalue weighted by Crippen LogP contribution is -2.59. The largest absolute Gasteiger partial charge is 0.465 e. The van der Waals surface area contributed by atoms with Crippen molar-refractivity contribution in [3.63, 3.8) is 0 Å². The van der Waals surface area contributed by atoms with E-state index < -0.39 is 24.1 Å². The number of amides is 3. The lowest BCUT2D eigenvalue weighted by atomic mass is 9.84. The van der Waals surface area contributed by atoms with Crippen LogP contribution >= 0.6 is 11.8 Å². The van der Waals surface area contributed by atoms with Crippen molar-refractivity contribution in [2.24, 2.45) is 11.8 Å². The molecule has 232 valence electrons. The van der Waals surface area contributed by atoms with Crippen molar-refractivity contribution >= 4 is 47.3 Å². The fourth-order valence-electron chi connectivity index (χ4n) is 5.44. The Bertz CT molecular complexity index is 1220. The first-order chi connectivity index (χ1) is 20.0. The number of ether oxygens (including phenoxy) is 3. The summed E-state index contributed by atoms with van der Waals surface area (Å²) in [5.41, 5.74) is 1.00. The average molecular weight is 606 g/mol. The molecule has 0 bridgehead atoms. The van der Waals surface area contributed by atoms with Gasteiger partial charge in [-0.2, -0.15) is 0 Å². The van der Waals surface area contributed by atoms with Crippen LogP contribution in [0.25, 0.3) is 0 Å². The van der Waals surface area contributed by atoms with Gasteiger partial charge < -0.3 is 24.0 Å². The Morgan fingerprint density at radius 3 is 2.12 bits per heavy atom. The van der Waals surface area contributed by atoms with E-state index in [-0.39, 0.29) is 47.2 Å². The number of hydrogen-bond acceptors (Lipinski definition) is 9. The molecule has 2 fully saturated rings. The highest BCUT2D eigenvalue weighted by molar-refractivity contribution is 8.03. The lowest BCUT2D eigenvalue weighted by molar-refractivity contribution is -0.156. The van der Waals surface area contributed by atoms with Crippen LogP contribution in [-0.2, 0) is 28.6 Å². The third-order valence-corrected chi connectivity index (χ3v) is 8.95. The molecule has 12 heteroatoms.